The highest BCUT2D eigenvalue weighted by Gasteiger charge is 2.26. The lowest BCUT2D eigenvalue weighted by atomic mass is 10.0. The molecular formula is C40H47N4O4+. The lowest BCUT2D eigenvalue weighted by Crippen LogP contribution is -2.40. The molecule has 1 saturated heterocycles. The molecule has 2 aliphatic heterocycles. The zero-order chi connectivity index (χ0) is 33.3. The molecule has 0 spiro atoms. The van der Waals surface area contributed by atoms with Gasteiger partial charge in [-0.25, -0.2) is 9.86 Å². The Morgan fingerprint density at radius 2 is 1.50 bits per heavy atom. The van der Waals surface area contributed by atoms with Gasteiger partial charge in [0.05, 0.1) is 26.3 Å². The predicted molar refractivity (Wildman–Crippen MR) is 189 cm³/mol. The van der Waals surface area contributed by atoms with Crippen molar-refractivity contribution in [2.24, 2.45) is 0 Å². The summed E-state index contributed by atoms with van der Waals surface area (Å²) in [6, 6.07) is 34.5. The van der Waals surface area contributed by atoms with Crippen LogP contribution in [-0.4, -0.2) is 72.8 Å². The van der Waals surface area contributed by atoms with Crippen LogP contribution in [0.25, 0.3) is 11.1 Å². The van der Waals surface area contributed by atoms with E-state index in [4.69, 9.17) is 9.57 Å². The van der Waals surface area contributed by atoms with Gasteiger partial charge >= 0.3 is 6.09 Å². The summed E-state index contributed by atoms with van der Waals surface area (Å²) >= 11 is 0. The largest absolute Gasteiger partial charge is 0.446 e. The van der Waals surface area contributed by atoms with Crippen LogP contribution in [0, 0.1) is 0 Å². The van der Waals surface area contributed by atoms with Crippen molar-refractivity contribution in [2.75, 3.05) is 45.6 Å². The summed E-state index contributed by atoms with van der Waals surface area (Å²) in [5.41, 5.74) is 7.11. The molecule has 0 unspecified atom stereocenters. The molecule has 0 aliphatic carbocycles. The second-order valence-electron chi connectivity index (χ2n) is 13.6. The van der Waals surface area contributed by atoms with Gasteiger partial charge in [-0.2, -0.15) is 0 Å². The summed E-state index contributed by atoms with van der Waals surface area (Å²) in [5.74, 6) is -0.0348. The maximum absolute atomic E-state index is 12.8. The number of nitrogens with zero attached hydrogens (tertiary/aromatic N) is 3. The topological polar surface area (TPSA) is 71.1 Å². The molecule has 0 saturated carbocycles. The van der Waals surface area contributed by atoms with E-state index in [0.29, 0.717) is 13.2 Å². The molecule has 4 aromatic carbocycles. The van der Waals surface area contributed by atoms with Crippen molar-refractivity contribution in [3.63, 3.8) is 0 Å². The summed E-state index contributed by atoms with van der Waals surface area (Å²) in [5, 5.41) is 4.49. The maximum atomic E-state index is 12.8. The Kier molecular flexibility index (Phi) is 10.9. The number of benzene rings is 4. The van der Waals surface area contributed by atoms with Gasteiger partial charge in [0.15, 0.2) is 0 Å². The molecule has 0 aromatic heterocycles. The van der Waals surface area contributed by atoms with Crippen molar-refractivity contribution in [3.05, 3.63) is 125 Å². The molecular weight excluding hydrogens is 600 g/mol. The zero-order valence-corrected chi connectivity index (χ0v) is 28.1. The summed E-state index contributed by atoms with van der Waals surface area (Å²) in [6.45, 7) is 5.72. The highest BCUT2D eigenvalue weighted by atomic mass is 16.7. The Hall–Kier alpha value is -4.50. The third kappa shape index (κ3) is 8.89. The minimum atomic E-state index is -0.397. The fourth-order valence-corrected chi connectivity index (χ4v) is 6.68. The quantitative estimate of drug-likeness (QED) is 0.127. The summed E-state index contributed by atoms with van der Waals surface area (Å²) in [6.07, 6.45) is 3.08. The molecule has 8 nitrogen and oxygen atoms in total. The highest BCUT2D eigenvalue weighted by Crippen LogP contribution is 2.28. The van der Waals surface area contributed by atoms with Crippen molar-refractivity contribution in [1.29, 1.82) is 0 Å². The summed E-state index contributed by atoms with van der Waals surface area (Å²) in [7, 11) is 4.53. The average molecular weight is 648 g/mol. The average Bonchev–Trinajstić information content (AvgIpc) is 3.10. The molecule has 0 atom stereocenters. The fraction of sp³-hybridized carbons (Fsp3) is 0.350. The number of unbranched alkanes of at least 4 members (excludes halogenated alkanes) is 1. The molecule has 250 valence electrons. The molecule has 2 heterocycles. The number of hydrogen-bond acceptors (Lipinski definition) is 5. The number of carbonyl (C=O) groups is 2. The molecule has 0 radical (unpaired) electrons. The van der Waals surface area contributed by atoms with Crippen LogP contribution < -0.4 is 5.32 Å². The number of carbonyl (C=O) groups excluding carboxylic acids is 2. The second kappa shape index (κ2) is 15.6. The highest BCUT2D eigenvalue weighted by molar-refractivity contribution is 5.95. The number of hydrogen-bond donors (Lipinski definition) is 1. The van der Waals surface area contributed by atoms with Crippen molar-refractivity contribution >= 4 is 17.7 Å². The first-order valence-corrected chi connectivity index (χ1v) is 17.1. The molecule has 2 amide bonds. The number of nitrogens with one attached hydrogen (secondary N) is 1. The summed E-state index contributed by atoms with van der Waals surface area (Å²) in [4.78, 5) is 33.7. The Labute approximate surface area is 284 Å². The van der Waals surface area contributed by atoms with Crippen LogP contribution >= 0.6 is 0 Å². The number of likely N-dealkylation sites (tertiary alicyclic amines) is 1. The molecule has 0 bridgehead atoms. The van der Waals surface area contributed by atoms with Gasteiger partial charge in [-0.1, -0.05) is 91.0 Å². The van der Waals surface area contributed by atoms with Gasteiger partial charge in [0.1, 0.15) is 19.3 Å². The van der Waals surface area contributed by atoms with Gasteiger partial charge < -0.3 is 9.22 Å². The molecule has 1 N–H and O–H groups in total. The SMILES string of the molecule is C[N+](C)(CCCCN1OCc2ccccc2C1=O)Cc1ccc(CN2CCC(OC(=O)Nc3ccccc3-c3ccccc3)CC2)cc1. The van der Waals surface area contributed by atoms with Crippen LogP contribution in [-0.2, 0) is 29.3 Å². The minimum Gasteiger partial charge on any atom is -0.446 e. The van der Waals surface area contributed by atoms with Crippen LogP contribution in [0.5, 0.6) is 0 Å². The first kappa shape index (κ1) is 33.4. The molecule has 6 rings (SSSR count). The second-order valence-corrected chi connectivity index (χ2v) is 13.6. The first-order chi connectivity index (χ1) is 23.3. The Balaban J connectivity index is 0.894. The number of anilines is 1. The Morgan fingerprint density at radius 1 is 0.833 bits per heavy atom. The number of piperidine rings is 1. The molecule has 8 heteroatoms. The normalized spacial score (nSPS) is 15.6. The van der Waals surface area contributed by atoms with Gasteiger partial charge in [-0.15, -0.1) is 0 Å². The van der Waals surface area contributed by atoms with E-state index >= 15 is 0 Å². The molecule has 2 aliphatic rings. The van der Waals surface area contributed by atoms with Crippen molar-refractivity contribution in [2.45, 2.75) is 51.5 Å². The van der Waals surface area contributed by atoms with Crippen molar-refractivity contribution < 1.29 is 23.6 Å². The van der Waals surface area contributed by atoms with E-state index in [1.54, 1.807) is 0 Å². The van der Waals surface area contributed by atoms with Crippen molar-refractivity contribution in [1.82, 2.24) is 9.96 Å². The zero-order valence-electron chi connectivity index (χ0n) is 28.1. The fourth-order valence-electron chi connectivity index (χ4n) is 6.68. The number of ether oxygens (including phenoxy) is 1. The van der Waals surface area contributed by atoms with Gasteiger partial charge in [-0.3, -0.25) is 19.8 Å². The summed E-state index contributed by atoms with van der Waals surface area (Å²) < 4.78 is 6.71. The third-order valence-electron chi connectivity index (χ3n) is 9.32. The molecule has 48 heavy (non-hydrogen) atoms. The van der Waals surface area contributed by atoms with Crippen LogP contribution in [0.15, 0.2) is 103 Å². The first-order valence-electron chi connectivity index (χ1n) is 17.1. The van der Waals surface area contributed by atoms with Gasteiger partial charge in [0.2, 0.25) is 0 Å². The predicted octanol–water partition coefficient (Wildman–Crippen LogP) is 7.51. The minimum absolute atomic E-state index is 0.0348. The lowest BCUT2D eigenvalue weighted by Gasteiger charge is -2.32. The number of para-hydroxylation sites is 1. The molecule has 4 aromatic rings. The van der Waals surface area contributed by atoms with E-state index in [9.17, 15) is 9.59 Å². The number of amides is 2. The van der Waals surface area contributed by atoms with Crippen molar-refractivity contribution in [3.8, 4) is 11.1 Å². The van der Waals surface area contributed by atoms with Gasteiger partial charge in [-0.05, 0) is 54.5 Å². The van der Waals surface area contributed by atoms with Crippen LogP contribution in [0.1, 0.15) is 52.7 Å². The van der Waals surface area contributed by atoms with E-state index in [1.165, 1.54) is 16.2 Å². The number of hydroxylamine groups is 2. The van der Waals surface area contributed by atoms with Crippen LogP contribution in [0.4, 0.5) is 10.5 Å². The number of quaternary nitrogens is 1. The van der Waals surface area contributed by atoms with E-state index in [2.05, 4.69) is 48.6 Å². The Bertz CT molecular complexity index is 1670. The standard InChI is InChI=1S/C40H46N4O4/c1-44(2,27-11-10-24-43-39(45)37-16-7-6-14-34(37)30-47-43)29-32-20-18-31(19-21-32)28-42-25-22-35(23-26-42)48-40(46)41-38-17-9-8-15-36(38)33-12-4-3-5-13-33/h3-9,12-21,35H,10-11,22-30H2,1-2H3/p+1. The monoisotopic (exact) mass is 647 g/mol. The molecule has 1 fully saturated rings. The van der Waals surface area contributed by atoms with Gasteiger partial charge in [0.25, 0.3) is 5.91 Å². The van der Waals surface area contributed by atoms with Gasteiger partial charge in [0, 0.05) is 42.9 Å². The van der Waals surface area contributed by atoms with E-state index in [1.807, 2.05) is 78.9 Å². The third-order valence-corrected chi connectivity index (χ3v) is 9.32. The lowest BCUT2D eigenvalue weighted by molar-refractivity contribution is -0.903. The maximum Gasteiger partial charge on any atom is 0.411 e. The smallest absolute Gasteiger partial charge is 0.411 e. The number of rotatable bonds is 12. The van der Waals surface area contributed by atoms with E-state index < -0.39 is 6.09 Å². The van der Waals surface area contributed by atoms with Crippen LogP contribution in [0.2, 0.25) is 0 Å². The Morgan fingerprint density at radius 3 is 2.27 bits per heavy atom. The van der Waals surface area contributed by atoms with E-state index in [-0.39, 0.29) is 12.0 Å². The van der Waals surface area contributed by atoms with E-state index in [0.717, 1.165) is 90.8 Å². The van der Waals surface area contributed by atoms with Crippen LogP contribution in [0.3, 0.4) is 0 Å². The number of fused-ring (bicyclic) bond motifs is 1.